The van der Waals surface area contributed by atoms with E-state index < -0.39 is 6.04 Å². The Labute approximate surface area is 107 Å². The van der Waals surface area contributed by atoms with Crippen molar-refractivity contribution < 1.29 is 4.74 Å². The molecule has 17 heavy (non-hydrogen) atoms. The van der Waals surface area contributed by atoms with Crippen LogP contribution < -0.4 is 10.5 Å². The van der Waals surface area contributed by atoms with Crippen LogP contribution in [-0.2, 0) is 0 Å². The molecule has 6 heteroatoms. The van der Waals surface area contributed by atoms with Gasteiger partial charge in [-0.1, -0.05) is 0 Å². The van der Waals surface area contributed by atoms with Crippen LogP contribution in [0.3, 0.4) is 0 Å². The number of aromatic nitrogens is 3. The van der Waals surface area contributed by atoms with Crippen molar-refractivity contribution in [3.05, 3.63) is 46.6 Å². The molecule has 0 aromatic carbocycles. The summed E-state index contributed by atoms with van der Waals surface area (Å²) < 4.78 is 6.02. The van der Waals surface area contributed by atoms with Gasteiger partial charge < -0.3 is 10.5 Å². The first kappa shape index (κ1) is 11.9. The Balaban J connectivity index is 2.36. The lowest BCUT2D eigenvalue weighted by atomic mass is 10.1. The minimum atomic E-state index is -0.452. The first-order valence-corrected chi connectivity index (χ1v) is 5.73. The molecule has 0 aliphatic carbocycles. The fraction of sp³-hybridized carbons (Fsp3) is 0.182. The molecule has 0 radical (unpaired) electrons. The number of halogens is 1. The predicted octanol–water partition coefficient (Wildman–Crippen LogP) is 1.69. The average Bonchev–Trinajstić information content (AvgIpc) is 2.39. The molecule has 2 aromatic heterocycles. The van der Waals surface area contributed by atoms with Crippen LogP contribution in [0.2, 0.25) is 0 Å². The molecule has 0 bridgehead atoms. The van der Waals surface area contributed by atoms with Crippen LogP contribution in [0.4, 0.5) is 0 Å². The molecule has 2 rings (SSSR count). The highest BCUT2D eigenvalue weighted by Gasteiger charge is 2.17. The number of pyridine rings is 1. The Bertz CT molecular complexity index is 503. The summed E-state index contributed by atoms with van der Waals surface area (Å²) in [5.74, 6) is 0.421. The Kier molecular flexibility index (Phi) is 3.65. The third-order valence-electron chi connectivity index (χ3n) is 2.25. The number of hydrogen-bond donors (Lipinski definition) is 1. The third kappa shape index (κ3) is 2.59. The maximum Gasteiger partial charge on any atom is 0.237 e. The maximum absolute atomic E-state index is 6.08. The van der Waals surface area contributed by atoms with Gasteiger partial charge in [-0.25, -0.2) is 4.98 Å². The summed E-state index contributed by atoms with van der Waals surface area (Å²) in [5, 5.41) is 0. The zero-order valence-electron chi connectivity index (χ0n) is 9.17. The van der Waals surface area contributed by atoms with E-state index in [1.54, 1.807) is 18.6 Å². The monoisotopic (exact) mass is 294 g/mol. The molecular weight excluding hydrogens is 284 g/mol. The standard InChI is InChI=1S/C11H11BrN4O/c1-17-11-10(14-4-5-15-11)9(13)8-3-2-7(12)6-16-8/h2-6,9H,13H2,1H3. The smallest absolute Gasteiger partial charge is 0.237 e. The molecule has 88 valence electrons. The van der Waals surface area contributed by atoms with Crippen LogP contribution in [-0.4, -0.2) is 22.1 Å². The van der Waals surface area contributed by atoms with Crippen molar-refractivity contribution in [1.29, 1.82) is 0 Å². The molecule has 0 amide bonds. The van der Waals surface area contributed by atoms with E-state index >= 15 is 0 Å². The molecule has 2 heterocycles. The van der Waals surface area contributed by atoms with Crippen molar-refractivity contribution in [1.82, 2.24) is 15.0 Å². The van der Waals surface area contributed by atoms with Gasteiger partial charge in [0.1, 0.15) is 5.69 Å². The Morgan fingerprint density at radius 2 is 2.00 bits per heavy atom. The molecule has 0 saturated carbocycles. The number of nitrogens with zero attached hydrogens (tertiary/aromatic N) is 3. The summed E-state index contributed by atoms with van der Waals surface area (Å²) >= 11 is 3.32. The van der Waals surface area contributed by atoms with Gasteiger partial charge in [-0.15, -0.1) is 0 Å². The largest absolute Gasteiger partial charge is 0.480 e. The molecule has 0 spiro atoms. The van der Waals surface area contributed by atoms with Crippen molar-refractivity contribution >= 4 is 15.9 Å². The highest BCUT2D eigenvalue weighted by Crippen LogP contribution is 2.23. The van der Waals surface area contributed by atoms with Crippen molar-refractivity contribution in [2.45, 2.75) is 6.04 Å². The van der Waals surface area contributed by atoms with Crippen LogP contribution in [0.1, 0.15) is 17.4 Å². The Morgan fingerprint density at radius 1 is 1.24 bits per heavy atom. The number of rotatable bonds is 3. The molecule has 5 nitrogen and oxygen atoms in total. The van der Waals surface area contributed by atoms with Crippen LogP contribution in [0.15, 0.2) is 35.2 Å². The fourth-order valence-electron chi connectivity index (χ4n) is 1.42. The van der Waals surface area contributed by atoms with Gasteiger partial charge >= 0.3 is 0 Å². The first-order valence-electron chi connectivity index (χ1n) is 4.94. The summed E-state index contributed by atoms with van der Waals surface area (Å²) in [7, 11) is 1.54. The van der Waals surface area contributed by atoms with Gasteiger partial charge in [-0.2, -0.15) is 0 Å². The van der Waals surface area contributed by atoms with E-state index in [0.29, 0.717) is 17.3 Å². The first-order chi connectivity index (χ1) is 8.22. The van der Waals surface area contributed by atoms with Gasteiger partial charge in [-0.05, 0) is 28.1 Å². The van der Waals surface area contributed by atoms with Gasteiger partial charge in [0.05, 0.1) is 18.8 Å². The quantitative estimate of drug-likeness (QED) is 0.932. The van der Waals surface area contributed by atoms with E-state index in [1.165, 1.54) is 7.11 Å². The molecule has 0 aliphatic heterocycles. The van der Waals surface area contributed by atoms with E-state index in [9.17, 15) is 0 Å². The lowest BCUT2D eigenvalue weighted by Crippen LogP contribution is -2.16. The van der Waals surface area contributed by atoms with Crippen LogP contribution >= 0.6 is 15.9 Å². The second-order valence-corrected chi connectivity index (χ2v) is 4.25. The van der Waals surface area contributed by atoms with Crippen molar-refractivity contribution in [3.8, 4) is 5.88 Å². The molecule has 2 N–H and O–H groups in total. The molecule has 1 atom stereocenters. The number of hydrogen-bond acceptors (Lipinski definition) is 5. The Hall–Kier alpha value is -1.53. The molecule has 0 saturated heterocycles. The van der Waals surface area contributed by atoms with Crippen molar-refractivity contribution in [3.63, 3.8) is 0 Å². The summed E-state index contributed by atoms with van der Waals surface area (Å²) in [4.78, 5) is 12.5. The minimum absolute atomic E-state index is 0.421. The van der Waals surface area contributed by atoms with Gasteiger partial charge in [0.15, 0.2) is 0 Å². The zero-order valence-corrected chi connectivity index (χ0v) is 10.8. The normalized spacial score (nSPS) is 12.2. The number of ether oxygens (including phenoxy) is 1. The Morgan fingerprint density at radius 3 is 2.65 bits per heavy atom. The maximum atomic E-state index is 6.08. The van der Waals surface area contributed by atoms with Crippen molar-refractivity contribution in [2.24, 2.45) is 5.73 Å². The molecule has 1 unspecified atom stereocenters. The topological polar surface area (TPSA) is 73.9 Å². The van der Waals surface area contributed by atoms with Crippen LogP contribution in [0.5, 0.6) is 5.88 Å². The summed E-state index contributed by atoms with van der Waals surface area (Å²) in [6.07, 6.45) is 4.83. The van der Waals surface area contributed by atoms with Gasteiger partial charge in [-0.3, -0.25) is 9.97 Å². The van der Waals surface area contributed by atoms with Crippen LogP contribution in [0.25, 0.3) is 0 Å². The summed E-state index contributed by atoms with van der Waals surface area (Å²) in [6.45, 7) is 0. The van der Waals surface area contributed by atoms with E-state index in [4.69, 9.17) is 10.5 Å². The molecule has 0 fully saturated rings. The van der Waals surface area contributed by atoms with E-state index in [2.05, 4.69) is 30.9 Å². The molecule has 0 aliphatic rings. The molecule has 2 aromatic rings. The van der Waals surface area contributed by atoms with Crippen molar-refractivity contribution in [2.75, 3.05) is 7.11 Å². The summed E-state index contributed by atoms with van der Waals surface area (Å²) in [6, 6.07) is 3.26. The van der Waals surface area contributed by atoms with E-state index in [0.717, 1.165) is 4.47 Å². The lowest BCUT2D eigenvalue weighted by molar-refractivity contribution is 0.386. The second kappa shape index (κ2) is 5.20. The van der Waals surface area contributed by atoms with Gasteiger partial charge in [0.25, 0.3) is 0 Å². The lowest BCUT2D eigenvalue weighted by Gasteiger charge is -2.12. The number of methoxy groups -OCH3 is 1. The fourth-order valence-corrected chi connectivity index (χ4v) is 1.65. The van der Waals surface area contributed by atoms with Gasteiger partial charge in [0, 0.05) is 23.1 Å². The average molecular weight is 295 g/mol. The highest BCUT2D eigenvalue weighted by atomic mass is 79.9. The third-order valence-corrected chi connectivity index (χ3v) is 2.72. The van der Waals surface area contributed by atoms with E-state index in [-0.39, 0.29) is 0 Å². The summed E-state index contributed by atoms with van der Waals surface area (Å²) in [5.41, 5.74) is 7.37. The number of nitrogens with two attached hydrogens (primary N) is 1. The van der Waals surface area contributed by atoms with Crippen LogP contribution in [0, 0.1) is 0 Å². The second-order valence-electron chi connectivity index (χ2n) is 3.33. The highest BCUT2D eigenvalue weighted by molar-refractivity contribution is 9.10. The van der Waals surface area contributed by atoms with Gasteiger partial charge in [0.2, 0.25) is 5.88 Å². The zero-order chi connectivity index (χ0) is 12.3. The predicted molar refractivity (Wildman–Crippen MR) is 66.6 cm³/mol. The SMILES string of the molecule is COc1nccnc1C(N)c1ccc(Br)cn1. The minimum Gasteiger partial charge on any atom is -0.480 e. The van der Waals surface area contributed by atoms with E-state index in [1.807, 2.05) is 12.1 Å². The molecular formula is C11H11BrN4O.